The van der Waals surface area contributed by atoms with E-state index in [1.165, 1.54) is 11.3 Å². The Morgan fingerprint density at radius 2 is 2.43 bits per heavy atom. The Hall–Kier alpha value is -1.83. The standard InChI is InChI=1S/C13H13ClN4O2S/c14-3-9-1-8(2-10-5-19-7-20-12(9)10)4-16-18-13-17-11(15)6-21-13/h1-2,4,6H,3,5,7,15H2,(H,17,18). The number of nitrogens with two attached hydrogens (primary N) is 1. The molecule has 21 heavy (non-hydrogen) atoms. The normalized spacial score (nSPS) is 14.0. The number of nitrogen functional groups attached to an aromatic ring is 1. The van der Waals surface area contributed by atoms with Gasteiger partial charge in [-0.25, -0.2) is 4.98 Å². The second kappa shape index (κ2) is 6.30. The molecule has 0 bridgehead atoms. The lowest BCUT2D eigenvalue weighted by atomic mass is 10.1. The monoisotopic (exact) mass is 324 g/mol. The molecule has 3 rings (SSSR count). The highest BCUT2D eigenvalue weighted by Gasteiger charge is 2.15. The highest BCUT2D eigenvalue weighted by molar-refractivity contribution is 7.14. The van der Waals surface area contributed by atoms with E-state index < -0.39 is 0 Å². The summed E-state index contributed by atoms with van der Waals surface area (Å²) in [7, 11) is 0. The van der Waals surface area contributed by atoms with Gasteiger partial charge >= 0.3 is 0 Å². The van der Waals surface area contributed by atoms with Crippen LogP contribution in [0.25, 0.3) is 0 Å². The van der Waals surface area contributed by atoms with Crippen LogP contribution in [0.15, 0.2) is 22.6 Å². The van der Waals surface area contributed by atoms with Crippen molar-refractivity contribution < 1.29 is 9.47 Å². The average Bonchev–Trinajstić information content (AvgIpc) is 2.92. The van der Waals surface area contributed by atoms with E-state index in [4.69, 9.17) is 26.8 Å². The maximum Gasteiger partial charge on any atom is 0.205 e. The van der Waals surface area contributed by atoms with Crippen molar-refractivity contribution in [2.24, 2.45) is 5.10 Å². The number of alkyl halides is 1. The fourth-order valence-electron chi connectivity index (χ4n) is 2.00. The zero-order chi connectivity index (χ0) is 14.7. The van der Waals surface area contributed by atoms with Gasteiger partial charge in [0.1, 0.15) is 11.6 Å². The van der Waals surface area contributed by atoms with Crippen LogP contribution in [0.3, 0.4) is 0 Å². The van der Waals surface area contributed by atoms with E-state index in [-0.39, 0.29) is 6.79 Å². The molecule has 0 amide bonds. The number of hydrazone groups is 1. The summed E-state index contributed by atoms with van der Waals surface area (Å²) in [6.07, 6.45) is 1.70. The van der Waals surface area contributed by atoms with Crippen molar-refractivity contribution >= 4 is 40.1 Å². The van der Waals surface area contributed by atoms with E-state index in [0.717, 1.165) is 22.4 Å². The fourth-order valence-corrected chi connectivity index (χ4v) is 2.75. The fraction of sp³-hybridized carbons (Fsp3) is 0.231. The highest BCUT2D eigenvalue weighted by atomic mass is 35.5. The molecule has 6 nitrogen and oxygen atoms in total. The molecule has 0 saturated heterocycles. The van der Waals surface area contributed by atoms with E-state index in [9.17, 15) is 0 Å². The molecule has 0 atom stereocenters. The van der Waals surface area contributed by atoms with Gasteiger partial charge in [0.15, 0.2) is 6.79 Å². The molecule has 0 unspecified atom stereocenters. The first-order chi connectivity index (χ1) is 10.3. The van der Waals surface area contributed by atoms with Gasteiger partial charge in [-0.05, 0) is 17.7 Å². The van der Waals surface area contributed by atoms with Gasteiger partial charge in [-0.1, -0.05) is 0 Å². The predicted octanol–water partition coefficient (Wildman–Crippen LogP) is 2.78. The van der Waals surface area contributed by atoms with Gasteiger partial charge in [-0.2, -0.15) is 5.10 Å². The maximum atomic E-state index is 5.97. The molecule has 0 spiro atoms. The van der Waals surface area contributed by atoms with Crippen LogP contribution in [0, 0.1) is 0 Å². The summed E-state index contributed by atoms with van der Waals surface area (Å²) in [6, 6.07) is 3.91. The molecule has 2 aromatic rings. The minimum atomic E-state index is 0.261. The first kappa shape index (κ1) is 14.1. The Morgan fingerprint density at radius 3 is 3.19 bits per heavy atom. The average molecular weight is 325 g/mol. The number of hydrogen-bond donors (Lipinski definition) is 2. The summed E-state index contributed by atoms with van der Waals surface area (Å²) in [4.78, 5) is 4.06. The van der Waals surface area contributed by atoms with Crippen LogP contribution in [-0.4, -0.2) is 18.0 Å². The summed E-state index contributed by atoms with van der Waals surface area (Å²) in [6.45, 7) is 0.773. The smallest absolute Gasteiger partial charge is 0.205 e. The molecular weight excluding hydrogens is 312 g/mol. The summed E-state index contributed by atoms with van der Waals surface area (Å²) in [5.74, 6) is 1.67. The third-order valence-electron chi connectivity index (χ3n) is 2.85. The number of hydrogen-bond acceptors (Lipinski definition) is 7. The molecule has 8 heteroatoms. The van der Waals surface area contributed by atoms with Crippen molar-refractivity contribution in [3.05, 3.63) is 34.2 Å². The minimum absolute atomic E-state index is 0.261. The molecule has 1 aromatic heterocycles. The molecule has 0 radical (unpaired) electrons. The largest absolute Gasteiger partial charge is 0.467 e. The number of halogens is 1. The molecular formula is C13H13ClN4O2S. The summed E-state index contributed by atoms with van der Waals surface area (Å²) in [5, 5.41) is 6.53. The highest BCUT2D eigenvalue weighted by Crippen LogP contribution is 2.30. The first-order valence-corrected chi connectivity index (χ1v) is 7.60. The lowest BCUT2D eigenvalue weighted by Gasteiger charge is -2.20. The third-order valence-corrected chi connectivity index (χ3v) is 3.90. The zero-order valence-electron chi connectivity index (χ0n) is 11.0. The number of nitrogens with one attached hydrogen (secondary N) is 1. The van der Waals surface area contributed by atoms with Crippen LogP contribution in [0.4, 0.5) is 10.9 Å². The Bertz CT molecular complexity index is 657. The molecule has 0 aliphatic carbocycles. The van der Waals surface area contributed by atoms with Gasteiger partial charge in [0, 0.05) is 16.5 Å². The summed E-state index contributed by atoms with van der Waals surface area (Å²) < 4.78 is 10.8. The molecule has 0 fully saturated rings. The predicted molar refractivity (Wildman–Crippen MR) is 84.0 cm³/mol. The number of anilines is 2. The van der Waals surface area contributed by atoms with Gasteiger partial charge in [0.25, 0.3) is 0 Å². The summed E-state index contributed by atoms with van der Waals surface area (Å²) >= 11 is 7.36. The van der Waals surface area contributed by atoms with E-state index in [2.05, 4.69) is 15.5 Å². The molecule has 110 valence electrons. The Kier molecular flexibility index (Phi) is 4.23. The number of nitrogens with zero attached hydrogens (tertiary/aromatic N) is 2. The maximum absolute atomic E-state index is 5.97. The Balaban J connectivity index is 1.78. The molecule has 2 heterocycles. The molecule has 0 saturated carbocycles. The van der Waals surface area contributed by atoms with Crippen LogP contribution < -0.4 is 15.9 Å². The van der Waals surface area contributed by atoms with Gasteiger partial charge in [0.05, 0.1) is 18.7 Å². The SMILES string of the molecule is Nc1csc(NN=Cc2cc(CCl)c3c(c2)COCO3)n1. The number of fused-ring (bicyclic) bond motifs is 1. The van der Waals surface area contributed by atoms with Crippen molar-refractivity contribution in [2.45, 2.75) is 12.5 Å². The molecule has 3 N–H and O–H groups in total. The topological polar surface area (TPSA) is 81.8 Å². The van der Waals surface area contributed by atoms with E-state index in [0.29, 0.717) is 23.4 Å². The van der Waals surface area contributed by atoms with E-state index >= 15 is 0 Å². The van der Waals surface area contributed by atoms with Crippen LogP contribution in [0.5, 0.6) is 5.75 Å². The molecule has 1 aromatic carbocycles. The number of thiazole rings is 1. The Labute approximate surface area is 130 Å². The van der Waals surface area contributed by atoms with Gasteiger partial charge in [0.2, 0.25) is 5.13 Å². The van der Waals surface area contributed by atoms with Crippen molar-refractivity contribution in [1.29, 1.82) is 0 Å². The number of benzene rings is 1. The first-order valence-electron chi connectivity index (χ1n) is 6.18. The second-order valence-corrected chi connectivity index (χ2v) is 5.49. The lowest BCUT2D eigenvalue weighted by Crippen LogP contribution is -2.13. The lowest BCUT2D eigenvalue weighted by molar-refractivity contribution is -0.0169. The Morgan fingerprint density at radius 1 is 1.52 bits per heavy atom. The third kappa shape index (κ3) is 3.26. The van der Waals surface area contributed by atoms with Crippen LogP contribution in [-0.2, 0) is 17.2 Å². The van der Waals surface area contributed by atoms with Crippen molar-refractivity contribution in [3.63, 3.8) is 0 Å². The van der Waals surface area contributed by atoms with Gasteiger partial charge in [-0.3, -0.25) is 5.43 Å². The number of ether oxygens (including phenoxy) is 2. The number of rotatable bonds is 4. The molecule has 1 aliphatic rings. The van der Waals surface area contributed by atoms with Gasteiger partial charge < -0.3 is 15.2 Å². The number of aromatic nitrogens is 1. The van der Waals surface area contributed by atoms with Crippen LogP contribution >= 0.6 is 22.9 Å². The van der Waals surface area contributed by atoms with Crippen molar-refractivity contribution in [1.82, 2.24) is 4.98 Å². The van der Waals surface area contributed by atoms with Gasteiger partial charge in [-0.15, -0.1) is 22.9 Å². The quantitative estimate of drug-likeness (QED) is 0.513. The van der Waals surface area contributed by atoms with E-state index in [1.807, 2.05) is 12.1 Å². The van der Waals surface area contributed by atoms with Crippen LogP contribution in [0.1, 0.15) is 16.7 Å². The van der Waals surface area contributed by atoms with Crippen molar-refractivity contribution in [2.75, 3.05) is 18.0 Å². The minimum Gasteiger partial charge on any atom is -0.467 e. The van der Waals surface area contributed by atoms with Crippen molar-refractivity contribution in [3.8, 4) is 5.75 Å². The van der Waals surface area contributed by atoms with E-state index in [1.54, 1.807) is 11.6 Å². The van der Waals surface area contributed by atoms with Crippen LogP contribution in [0.2, 0.25) is 0 Å². The zero-order valence-corrected chi connectivity index (χ0v) is 12.6. The summed E-state index contributed by atoms with van der Waals surface area (Å²) in [5.41, 5.74) is 11.2. The molecule has 1 aliphatic heterocycles. The second-order valence-electron chi connectivity index (χ2n) is 4.36.